The molecular formula is C19H29N5O7PSi+. The second-order valence-electron chi connectivity index (χ2n) is 9.77. The van der Waals surface area contributed by atoms with E-state index in [1.807, 2.05) is 20.0 Å². The molecule has 1 unspecified atom stereocenters. The number of nitrogens with one attached hydrogen (secondary N) is 1. The molecular weight excluding hydrogens is 469 g/mol. The number of imidazole rings is 2. The maximum absolute atomic E-state index is 12.9. The minimum Gasteiger partial charge on any atom is -0.406 e. The van der Waals surface area contributed by atoms with Gasteiger partial charge in [0.1, 0.15) is 12.2 Å². The zero-order valence-electron chi connectivity index (χ0n) is 19.3. The van der Waals surface area contributed by atoms with Gasteiger partial charge >= 0.3 is 8.25 Å². The lowest BCUT2D eigenvalue weighted by molar-refractivity contribution is -0.0487. The predicted molar refractivity (Wildman–Crippen MR) is 122 cm³/mol. The number of hydrogen-bond donors (Lipinski definition) is 3. The Labute approximate surface area is 191 Å². The Morgan fingerprint density at radius 1 is 1.33 bits per heavy atom. The summed E-state index contributed by atoms with van der Waals surface area (Å²) in [6, 6.07) is 0. The summed E-state index contributed by atoms with van der Waals surface area (Å²) in [6.07, 6.45) is -0.622. The molecule has 0 aromatic carbocycles. The first kappa shape index (κ1) is 24.1. The standard InChI is InChI=1S/C19H28N5O7PSi/c1-10-7-23-16(26)12-15(22-18(23)21-10)24(9-20-12)17-14(31-33(5,6)19(2,3)4)13(30-32(27)28)11(8-25)29-17/h7,9,11,13-14,17,25H,8H2,1-6H3,(H-,21,22,26,27,28)/p+1/t11-,13-,14-,17-/m1/s1. The number of ether oxygens (including phenoxy) is 1. The summed E-state index contributed by atoms with van der Waals surface area (Å²) in [5.74, 6) is 0.344. The van der Waals surface area contributed by atoms with Gasteiger partial charge in [0.2, 0.25) is 5.78 Å². The highest BCUT2D eigenvalue weighted by atomic mass is 31.1. The molecule has 0 aliphatic carbocycles. The molecule has 14 heteroatoms. The van der Waals surface area contributed by atoms with Gasteiger partial charge in [0.15, 0.2) is 31.8 Å². The molecule has 5 atom stereocenters. The molecule has 0 spiro atoms. The van der Waals surface area contributed by atoms with E-state index in [4.69, 9.17) is 13.7 Å². The largest absolute Gasteiger partial charge is 0.695 e. The zero-order chi connectivity index (χ0) is 24.3. The molecule has 1 fully saturated rings. The van der Waals surface area contributed by atoms with Crippen molar-refractivity contribution in [3.05, 3.63) is 28.6 Å². The summed E-state index contributed by atoms with van der Waals surface area (Å²) in [5, 5.41) is 9.74. The van der Waals surface area contributed by atoms with Crippen LogP contribution in [0.3, 0.4) is 0 Å². The third-order valence-electron chi connectivity index (χ3n) is 6.45. The Bertz CT molecular complexity index is 1260. The fraction of sp³-hybridized carbons (Fsp3) is 0.632. The van der Waals surface area contributed by atoms with Crippen LogP contribution >= 0.6 is 8.25 Å². The summed E-state index contributed by atoms with van der Waals surface area (Å²) < 4.78 is 32.4. The van der Waals surface area contributed by atoms with Gasteiger partial charge in [-0.15, -0.1) is 9.42 Å². The van der Waals surface area contributed by atoms with E-state index in [0.717, 1.165) is 5.69 Å². The van der Waals surface area contributed by atoms with Crippen LogP contribution in [0.5, 0.6) is 0 Å². The first-order chi connectivity index (χ1) is 15.3. The van der Waals surface area contributed by atoms with Crippen LogP contribution in [0.1, 0.15) is 32.7 Å². The lowest BCUT2D eigenvalue weighted by Crippen LogP contribution is -2.49. The molecule has 3 N–H and O–H groups in total. The Morgan fingerprint density at radius 3 is 2.64 bits per heavy atom. The summed E-state index contributed by atoms with van der Waals surface area (Å²) in [7, 11) is -5.40. The van der Waals surface area contributed by atoms with Crippen molar-refractivity contribution in [3.8, 4) is 0 Å². The van der Waals surface area contributed by atoms with E-state index in [0.29, 0.717) is 5.78 Å². The Kier molecular flexibility index (Phi) is 6.10. The second kappa shape index (κ2) is 8.34. The number of nitrogens with zero attached hydrogens (tertiary/aromatic N) is 4. The maximum Gasteiger partial charge on any atom is 0.695 e. The first-order valence-corrected chi connectivity index (χ1v) is 14.6. The lowest BCUT2D eigenvalue weighted by atomic mass is 10.1. The normalized spacial score (nSPS) is 24.8. The fourth-order valence-corrected chi connectivity index (χ4v) is 5.48. The average molecular weight is 499 g/mol. The van der Waals surface area contributed by atoms with Crippen LogP contribution in [0.4, 0.5) is 0 Å². The Hall–Kier alpha value is -1.99. The van der Waals surface area contributed by atoms with Gasteiger partial charge in [-0.25, -0.2) is 9.38 Å². The number of H-pyrrole nitrogens is 1. The van der Waals surface area contributed by atoms with Crippen molar-refractivity contribution in [2.24, 2.45) is 0 Å². The van der Waals surface area contributed by atoms with E-state index >= 15 is 0 Å². The molecule has 1 aliphatic heterocycles. The lowest BCUT2D eigenvalue weighted by Gasteiger charge is -2.39. The van der Waals surface area contributed by atoms with Crippen molar-refractivity contribution >= 4 is 33.5 Å². The number of aromatic amines is 1. The topological polar surface area (TPSA) is 153 Å². The van der Waals surface area contributed by atoms with Gasteiger partial charge in [0.25, 0.3) is 5.56 Å². The van der Waals surface area contributed by atoms with E-state index in [2.05, 4.69) is 35.7 Å². The molecule has 0 bridgehead atoms. The predicted octanol–water partition coefficient (Wildman–Crippen LogP) is 2.00. The van der Waals surface area contributed by atoms with Gasteiger partial charge in [-0.3, -0.25) is 9.36 Å². The van der Waals surface area contributed by atoms with E-state index in [1.54, 1.807) is 10.8 Å². The van der Waals surface area contributed by atoms with Gasteiger partial charge in [0.05, 0.1) is 12.9 Å². The van der Waals surface area contributed by atoms with Gasteiger partial charge < -0.3 is 19.3 Å². The van der Waals surface area contributed by atoms with E-state index in [-0.39, 0.29) is 21.8 Å². The van der Waals surface area contributed by atoms with Crippen LogP contribution in [0.25, 0.3) is 16.9 Å². The van der Waals surface area contributed by atoms with Crippen molar-refractivity contribution in [1.29, 1.82) is 0 Å². The molecule has 12 nitrogen and oxygen atoms in total. The molecule has 0 amide bonds. The fourth-order valence-electron chi connectivity index (χ4n) is 3.73. The smallest absolute Gasteiger partial charge is 0.406 e. The number of fused-ring (bicyclic) bond motifs is 2. The molecule has 0 radical (unpaired) electrons. The molecule has 4 heterocycles. The number of aromatic nitrogens is 5. The SMILES string of the molecule is Cc1cn2c(=O)c3ncn([C@@H]4O[C@H](CO)[C@@H](O[P+](=O)O)[C@H]4O[Si](C)(C)C(C)(C)C)c3nc2[nH]1. The number of aliphatic hydroxyl groups is 1. The molecule has 180 valence electrons. The molecule has 0 saturated carbocycles. The highest BCUT2D eigenvalue weighted by molar-refractivity contribution is 7.32. The zero-order valence-corrected chi connectivity index (χ0v) is 21.2. The van der Waals surface area contributed by atoms with Crippen molar-refractivity contribution in [3.63, 3.8) is 0 Å². The number of hydrogen-bond acceptors (Lipinski definition) is 8. The quantitative estimate of drug-likeness (QED) is 0.342. The third-order valence-corrected chi connectivity index (χ3v) is 11.3. The van der Waals surface area contributed by atoms with E-state index < -0.39 is 47.7 Å². The van der Waals surface area contributed by atoms with E-state index in [9.17, 15) is 19.4 Å². The van der Waals surface area contributed by atoms with Gasteiger partial charge in [-0.1, -0.05) is 20.8 Å². The van der Waals surface area contributed by atoms with Crippen LogP contribution in [-0.2, 0) is 18.3 Å². The van der Waals surface area contributed by atoms with Crippen molar-refractivity contribution in [2.45, 2.75) is 70.4 Å². The van der Waals surface area contributed by atoms with Crippen LogP contribution in [0.15, 0.2) is 17.3 Å². The number of aryl methyl sites for hydroxylation is 1. The van der Waals surface area contributed by atoms with Gasteiger partial charge in [-0.2, -0.15) is 4.98 Å². The number of aliphatic hydroxyl groups excluding tert-OH is 1. The summed E-state index contributed by atoms with van der Waals surface area (Å²) in [4.78, 5) is 34.2. The Balaban J connectivity index is 1.85. The maximum atomic E-state index is 12.9. The average Bonchev–Trinajstić information content (AvgIpc) is 3.37. The molecule has 33 heavy (non-hydrogen) atoms. The van der Waals surface area contributed by atoms with Crippen molar-refractivity contribution in [1.82, 2.24) is 23.9 Å². The summed E-state index contributed by atoms with van der Waals surface area (Å²) in [6.45, 7) is 11.6. The van der Waals surface area contributed by atoms with E-state index in [1.165, 1.54) is 10.7 Å². The molecule has 3 aromatic rings. The van der Waals surface area contributed by atoms with Crippen LogP contribution < -0.4 is 5.56 Å². The highest BCUT2D eigenvalue weighted by Gasteiger charge is 2.54. The van der Waals surface area contributed by atoms with Crippen molar-refractivity contribution in [2.75, 3.05) is 6.61 Å². The molecule has 1 aliphatic rings. The molecule has 1 saturated heterocycles. The summed E-state index contributed by atoms with van der Waals surface area (Å²) in [5.41, 5.74) is 0.819. The minimum absolute atomic E-state index is 0.138. The number of rotatable bonds is 6. The van der Waals surface area contributed by atoms with Crippen LogP contribution in [0.2, 0.25) is 18.1 Å². The monoisotopic (exact) mass is 498 g/mol. The second-order valence-corrected chi connectivity index (χ2v) is 15.2. The first-order valence-electron chi connectivity index (χ1n) is 10.6. The van der Waals surface area contributed by atoms with Gasteiger partial charge in [-0.05, 0) is 25.1 Å². The van der Waals surface area contributed by atoms with Crippen molar-refractivity contribution < 1.29 is 28.3 Å². The van der Waals surface area contributed by atoms with Gasteiger partial charge in [0, 0.05) is 16.5 Å². The van der Waals surface area contributed by atoms with Crippen LogP contribution in [0, 0.1) is 6.92 Å². The molecule has 4 rings (SSSR count). The van der Waals surface area contributed by atoms with Crippen LogP contribution in [-0.4, -0.2) is 67.2 Å². The minimum atomic E-state index is -2.98. The summed E-state index contributed by atoms with van der Waals surface area (Å²) >= 11 is 0. The third kappa shape index (κ3) is 4.18. The molecule has 3 aromatic heterocycles. The highest BCUT2D eigenvalue weighted by Crippen LogP contribution is 2.44. The Morgan fingerprint density at radius 2 is 2.03 bits per heavy atom.